The summed E-state index contributed by atoms with van der Waals surface area (Å²) in [5.41, 5.74) is 0.778. The highest BCUT2D eigenvalue weighted by Gasteiger charge is 2.41. The zero-order valence-corrected chi connectivity index (χ0v) is 19.0. The first-order chi connectivity index (χ1) is 16.3. The van der Waals surface area contributed by atoms with E-state index in [9.17, 15) is 18.0 Å². The number of benzene rings is 1. The Balaban J connectivity index is 1.25. The van der Waals surface area contributed by atoms with Crippen LogP contribution >= 0.6 is 0 Å². The highest BCUT2D eigenvalue weighted by molar-refractivity contribution is 5.83. The first-order valence-corrected chi connectivity index (χ1v) is 11.7. The van der Waals surface area contributed by atoms with Crippen molar-refractivity contribution in [1.29, 1.82) is 0 Å². The molecule has 3 atom stereocenters. The van der Waals surface area contributed by atoms with Gasteiger partial charge in [0.05, 0.1) is 30.3 Å². The normalized spacial score (nSPS) is 24.1. The molecule has 2 aliphatic heterocycles. The van der Waals surface area contributed by atoms with Gasteiger partial charge < -0.3 is 15.0 Å². The average Bonchev–Trinajstić information content (AvgIpc) is 3.61. The predicted octanol–water partition coefficient (Wildman–Crippen LogP) is 3.69. The van der Waals surface area contributed by atoms with Crippen molar-refractivity contribution in [3.05, 3.63) is 53.5 Å². The van der Waals surface area contributed by atoms with Gasteiger partial charge >= 0.3 is 6.18 Å². The second-order valence-corrected chi connectivity index (χ2v) is 9.24. The van der Waals surface area contributed by atoms with Crippen LogP contribution in [0.25, 0.3) is 0 Å². The van der Waals surface area contributed by atoms with E-state index in [2.05, 4.69) is 20.2 Å². The number of alkyl halides is 3. The number of aromatic nitrogens is 2. The number of carbonyl (C=O) groups excluding carboxylic acids is 1. The lowest BCUT2D eigenvalue weighted by Gasteiger charge is -2.41. The van der Waals surface area contributed by atoms with Crippen molar-refractivity contribution < 1.29 is 22.7 Å². The van der Waals surface area contributed by atoms with E-state index in [1.54, 1.807) is 24.3 Å². The summed E-state index contributed by atoms with van der Waals surface area (Å²) in [6, 6.07) is 4.35. The van der Waals surface area contributed by atoms with Crippen molar-refractivity contribution in [3.63, 3.8) is 0 Å². The third-order valence-corrected chi connectivity index (χ3v) is 6.97. The maximum Gasteiger partial charge on any atom is 0.416 e. The van der Waals surface area contributed by atoms with Crippen LogP contribution in [-0.2, 0) is 11.0 Å². The minimum Gasteiger partial charge on any atom is -0.457 e. The van der Waals surface area contributed by atoms with Crippen molar-refractivity contribution in [3.8, 4) is 5.88 Å². The molecule has 1 aliphatic carbocycles. The Labute approximate surface area is 196 Å². The van der Waals surface area contributed by atoms with Gasteiger partial charge in [-0.2, -0.15) is 13.2 Å². The van der Waals surface area contributed by atoms with Crippen LogP contribution in [0.1, 0.15) is 60.9 Å². The lowest BCUT2D eigenvalue weighted by molar-refractivity contribution is -0.141. The number of carbonyl (C=O) groups is 1. The van der Waals surface area contributed by atoms with Crippen molar-refractivity contribution >= 4 is 5.91 Å². The van der Waals surface area contributed by atoms with E-state index in [-0.39, 0.29) is 12.1 Å². The molecule has 10 heteroatoms. The van der Waals surface area contributed by atoms with E-state index in [1.165, 1.54) is 12.1 Å². The average molecular weight is 476 g/mol. The van der Waals surface area contributed by atoms with Gasteiger partial charge in [-0.3, -0.25) is 9.78 Å². The van der Waals surface area contributed by atoms with Gasteiger partial charge in [0.2, 0.25) is 11.8 Å². The summed E-state index contributed by atoms with van der Waals surface area (Å²) in [6.07, 6.45) is 3.83. The predicted molar refractivity (Wildman–Crippen MR) is 118 cm³/mol. The number of nitrogens with one attached hydrogen (secondary N) is 1. The number of amides is 1. The molecule has 0 unspecified atom stereocenters. The minimum atomic E-state index is -4.41. The van der Waals surface area contributed by atoms with E-state index in [0.717, 1.165) is 49.9 Å². The molecule has 3 fully saturated rings. The van der Waals surface area contributed by atoms with Crippen molar-refractivity contribution in [1.82, 2.24) is 25.1 Å². The molecule has 2 saturated heterocycles. The van der Waals surface area contributed by atoms with Gasteiger partial charge in [0.1, 0.15) is 6.04 Å². The molecule has 7 nitrogen and oxygen atoms in total. The zero-order chi connectivity index (χ0) is 23.9. The van der Waals surface area contributed by atoms with Gasteiger partial charge in [-0.25, -0.2) is 9.88 Å². The molecule has 2 aromatic rings. The molecule has 0 radical (unpaired) electrons. The summed E-state index contributed by atoms with van der Waals surface area (Å²) in [6.45, 7) is 1.00. The van der Waals surface area contributed by atoms with Crippen LogP contribution in [0.2, 0.25) is 0 Å². The quantitative estimate of drug-likeness (QED) is 0.687. The number of rotatable bonds is 6. The molecular weight excluding hydrogens is 447 g/mol. The van der Waals surface area contributed by atoms with Crippen LogP contribution in [0, 0.1) is 0 Å². The molecule has 1 aromatic heterocycles. The monoisotopic (exact) mass is 475 g/mol. The fraction of sp³-hybridized carbons (Fsp3) is 0.542. The topological polar surface area (TPSA) is 70.6 Å². The summed E-state index contributed by atoms with van der Waals surface area (Å²) < 4.78 is 44.9. The van der Waals surface area contributed by atoms with E-state index in [4.69, 9.17) is 4.74 Å². The summed E-state index contributed by atoms with van der Waals surface area (Å²) in [5.74, 6) is 0.847. The van der Waals surface area contributed by atoms with E-state index >= 15 is 0 Å². The molecule has 0 spiro atoms. The molecule has 5 rings (SSSR count). The largest absolute Gasteiger partial charge is 0.457 e. The molecule has 1 N–H and O–H groups in total. The van der Waals surface area contributed by atoms with Gasteiger partial charge in [0.15, 0.2) is 6.23 Å². The molecule has 34 heavy (non-hydrogen) atoms. The van der Waals surface area contributed by atoms with Gasteiger partial charge in [-0.1, -0.05) is 12.1 Å². The SMILES string of the molecule is CN[C@@H](C(=O)N1CC[C@@H]2CC[C@H](Oc3cnc(C4CC4)cn3)N2C1)c1ccc(C(F)(F)F)cc1. The van der Waals surface area contributed by atoms with Gasteiger partial charge in [-0.15, -0.1) is 0 Å². The summed E-state index contributed by atoms with van der Waals surface area (Å²) in [5, 5.41) is 2.96. The van der Waals surface area contributed by atoms with Crippen molar-refractivity contribution in [2.75, 3.05) is 20.3 Å². The van der Waals surface area contributed by atoms with Crippen LogP contribution in [-0.4, -0.2) is 58.2 Å². The van der Waals surface area contributed by atoms with Gasteiger partial charge in [0, 0.05) is 18.5 Å². The first-order valence-electron chi connectivity index (χ1n) is 11.7. The van der Waals surface area contributed by atoms with Gasteiger partial charge in [0.25, 0.3) is 0 Å². The maximum absolute atomic E-state index is 13.3. The second kappa shape index (κ2) is 9.14. The Morgan fingerprint density at radius 1 is 1.09 bits per heavy atom. The van der Waals surface area contributed by atoms with E-state index in [0.29, 0.717) is 36.6 Å². The number of hydrogen-bond donors (Lipinski definition) is 1. The summed E-state index contributed by atoms with van der Waals surface area (Å²) >= 11 is 0. The number of halogens is 3. The number of likely N-dealkylation sites (N-methyl/N-ethyl adjacent to an activating group) is 1. The van der Waals surface area contributed by atoms with Crippen LogP contribution in [0.3, 0.4) is 0 Å². The third-order valence-electron chi connectivity index (χ3n) is 6.97. The maximum atomic E-state index is 13.3. The molecule has 3 aliphatic rings. The second-order valence-electron chi connectivity index (χ2n) is 9.24. The standard InChI is InChI=1S/C24H28F3N5O2/c1-28-22(16-4-6-17(7-5-16)24(25,26)27)23(33)31-11-10-18-8-9-21(32(18)14-31)34-20-13-29-19(12-30-20)15-2-3-15/h4-7,12-13,15,18,21-22,28H,2-3,8-11,14H2,1H3/t18-,21-,22+/m0/s1. The van der Waals surface area contributed by atoms with Crippen molar-refractivity contribution in [2.45, 2.75) is 62.5 Å². The van der Waals surface area contributed by atoms with Crippen LogP contribution < -0.4 is 10.1 Å². The van der Waals surface area contributed by atoms with E-state index < -0.39 is 17.8 Å². The minimum absolute atomic E-state index is 0.167. The van der Waals surface area contributed by atoms with Crippen molar-refractivity contribution in [2.24, 2.45) is 0 Å². The molecule has 1 saturated carbocycles. The molecule has 1 amide bonds. The molecule has 0 bridgehead atoms. The third kappa shape index (κ3) is 4.74. The fourth-order valence-corrected chi connectivity index (χ4v) is 4.89. The molecule has 182 valence electrons. The highest BCUT2D eigenvalue weighted by Crippen LogP contribution is 2.39. The molecule has 3 heterocycles. The number of ether oxygens (including phenoxy) is 1. The van der Waals surface area contributed by atoms with Crippen LogP contribution in [0.15, 0.2) is 36.7 Å². The first kappa shape index (κ1) is 23.0. The Morgan fingerprint density at radius 2 is 1.85 bits per heavy atom. The summed E-state index contributed by atoms with van der Waals surface area (Å²) in [4.78, 5) is 26.1. The number of nitrogens with zero attached hydrogens (tertiary/aromatic N) is 4. The summed E-state index contributed by atoms with van der Waals surface area (Å²) in [7, 11) is 1.64. The lowest BCUT2D eigenvalue weighted by Crippen LogP contribution is -2.55. The Kier molecular flexibility index (Phi) is 6.20. The Morgan fingerprint density at radius 3 is 2.47 bits per heavy atom. The highest BCUT2D eigenvalue weighted by atomic mass is 19.4. The zero-order valence-electron chi connectivity index (χ0n) is 19.0. The smallest absolute Gasteiger partial charge is 0.416 e. The van der Waals surface area contributed by atoms with Gasteiger partial charge in [-0.05, 0) is 56.8 Å². The van der Waals surface area contributed by atoms with Crippen LogP contribution in [0.5, 0.6) is 5.88 Å². The lowest BCUT2D eigenvalue weighted by atomic mass is 10.0. The Hall–Kier alpha value is -2.72. The molecular formula is C24H28F3N5O2. The Bertz CT molecular complexity index is 1010. The van der Waals surface area contributed by atoms with E-state index in [1.807, 2.05) is 0 Å². The number of hydrogen-bond acceptors (Lipinski definition) is 6. The van der Waals surface area contributed by atoms with Crippen LogP contribution in [0.4, 0.5) is 13.2 Å². The fourth-order valence-electron chi connectivity index (χ4n) is 4.89. The number of fused-ring (bicyclic) bond motifs is 1. The molecule has 1 aromatic carbocycles.